The molecule has 198 valence electrons. The lowest BCUT2D eigenvalue weighted by molar-refractivity contribution is -0.117. The summed E-state index contributed by atoms with van der Waals surface area (Å²) in [4.78, 5) is 29.5. The van der Waals surface area contributed by atoms with Gasteiger partial charge in [-0.1, -0.05) is 25.5 Å². The largest absolute Gasteiger partial charge is 0.490 e. The zero-order valence-electron chi connectivity index (χ0n) is 21.8. The summed E-state index contributed by atoms with van der Waals surface area (Å²) in [5, 5.41) is 19.4. The first-order chi connectivity index (χ1) is 18.3. The van der Waals surface area contributed by atoms with Crippen molar-refractivity contribution in [3.8, 4) is 17.6 Å². The number of hydrogen-bond donors (Lipinski definition) is 1. The fourth-order valence-corrected chi connectivity index (χ4v) is 5.97. The molecule has 1 aliphatic carbocycles. The zero-order chi connectivity index (χ0) is 27.4. The van der Waals surface area contributed by atoms with Gasteiger partial charge in [-0.15, -0.1) is 0 Å². The van der Waals surface area contributed by atoms with Crippen molar-refractivity contribution in [3.05, 3.63) is 68.8 Å². The quantitative estimate of drug-likeness (QED) is 0.348. The predicted molar refractivity (Wildman–Crippen MR) is 148 cm³/mol. The second-order valence-corrected chi connectivity index (χ2v) is 10.6. The van der Waals surface area contributed by atoms with Crippen LogP contribution in [0.15, 0.2) is 57.1 Å². The maximum Gasteiger partial charge on any atom is 0.335 e. The van der Waals surface area contributed by atoms with Gasteiger partial charge in [-0.25, -0.2) is 4.79 Å². The molecule has 0 saturated heterocycles. The van der Waals surface area contributed by atoms with E-state index in [0.717, 1.165) is 30.5 Å². The van der Waals surface area contributed by atoms with Crippen LogP contribution in [0, 0.1) is 23.2 Å². The van der Waals surface area contributed by atoms with Gasteiger partial charge >= 0.3 is 5.97 Å². The molecule has 8 heteroatoms. The molecule has 0 spiro atoms. The zero-order valence-corrected chi connectivity index (χ0v) is 23.4. The van der Waals surface area contributed by atoms with Crippen molar-refractivity contribution in [2.24, 2.45) is 16.8 Å². The summed E-state index contributed by atoms with van der Waals surface area (Å²) < 4.78 is 12.7. The van der Waals surface area contributed by atoms with Crippen LogP contribution in [0.2, 0.25) is 0 Å². The highest BCUT2D eigenvalue weighted by molar-refractivity contribution is 9.10. The number of carbonyl (C=O) groups excluding carboxylic acids is 1. The number of hydrogen-bond acceptors (Lipinski definition) is 6. The van der Waals surface area contributed by atoms with Gasteiger partial charge in [0, 0.05) is 29.3 Å². The molecule has 1 heterocycles. The third-order valence-corrected chi connectivity index (χ3v) is 7.65. The molecule has 38 heavy (non-hydrogen) atoms. The van der Waals surface area contributed by atoms with Crippen LogP contribution in [0.5, 0.6) is 11.5 Å². The molecular formula is C30H31BrN2O5. The summed E-state index contributed by atoms with van der Waals surface area (Å²) in [6, 6.07) is 12.7. The first kappa shape index (κ1) is 27.6. The number of nitriles is 1. The molecule has 2 aromatic rings. The molecule has 0 fully saturated rings. The fraction of sp³-hybridized carbons (Fsp3) is 0.400. The van der Waals surface area contributed by atoms with Crippen molar-refractivity contribution < 1.29 is 24.2 Å². The summed E-state index contributed by atoms with van der Waals surface area (Å²) in [5.41, 5.74) is 3.84. The lowest BCUT2D eigenvalue weighted by atomic mass is 9.70. The van der Waals surface area contributed by atoms with Crippen LogP contribution < -0.4 is 9.47 Å². The van der Waals surface area contributed by atoms with E-state index in [9.17, 15) is 20.0 Å². The average Bonchev–Trinajstić information content (AvgIpc) is 2.87. The molecule has 0 aromatic heterocycles. The molecule has 1 N–H and O–H groups in total. The highest BCUT2D eigenvalue weighted by Crippen LogP contribution is 2.48. The van der Waals surface area contributed by atoms with E-state index in [2.05, 4.69) is 28.9 Å². The molecule has 3 atom stereocenters. The van der Waals surface area contributed by atoms with E-state index in [1.54, 1.807) is 18.2 Å². The Morgan fingerprint density at radius 3 is 2.68 bits per heavy atom. The molecule has 3 unspecified atom stereocenters. The van der Waals surface area contributed by atoms with Crippen molar-refractivity contribution in [2.45, 2.75) is 59.0 Å². The Kier molecular flexibility index (Phi) is 8.68. The number of rotatable bonds is 9. The summed E-state index contributed by atoms with van der Waals surface area (Å²) in [6.07, 6.45) is 3.22. The van der Waals surface area contributed by atoms with Crippen molar-refractivity contribution >= 4 is 33.4 Å². The second kappa shape index (κ2) is 12.0. The topological polar surface area (TPSA) is 109 Å². The van der Waals surface area contributed by atoms with Gasteiger partial charge in [0.25, 0.3) is 0 Å². The number of aliphatic imine (C=N–C) groups is 1. The number of ketones is 1. The molecule has 0 saturated carbocycles. The molecule has 0 radical (unpaired) electrons. The van der Waals surface area contributed by atoms with Gasteiger partial charge in [0.05, 0.1) is 28.6 Å². The van der Waals surface area contributed by atoms with E-state index in [0.29, 0.717) is 45.8 Å². The first-order valence-corrected chi connectivity index (χ1v) is 13.7. The Morgan fingerprint density at radius 2 is 2.00 bits per heavy atom. The van der Waals surface area contributed by atoms with Gasteiger partial charge in [-0.05, 0) is 83.9 Å². The number of halogens is 1. The van der Waals surface area contributed by atoms with E-state index in [1.807, 2.05) is 26.0 Å². The lowest BCUT2D eigenvalue weighted by Crippen LogP contribution is -2.32. The Labute approximate surface area is 231 Å². The van der Waals surface area contributed by atoms with Crippen LogP contribution in [0.25, 0.3) is 0 Å². The number of carboxylic acid groups (broad SMARTS) is 1. The third kappa shape index (κ3) is 5.68. The summed E-state index contributed by atoms with van der Waals surface area (Å²) in [7, 11) is 0. The summed E-state index contributed by atoms with van der Waals surface area (Å²) in [5.74, 6) is -0.706. The van der Waals surface area contributed by atoms with E-state index in [-0.39, 0.29) is 23.9 Å². The molecule has 2 aliphatic rings. The van der Waals surface area contributed by atoms with Gasteiger partial charge in [0.2, 0.25) is 0 Å². The smallest absolute Gasteiger partial charge is 0.335 e. The molecular weight excluding hydrogens is 548 g/mol. The van der Waals surface area contributed by atoms with E-state index in [1.165, 1.54) is 6.07 Å². The lowest BCUT2D eigenvalue weighted by Gasteiger charge is -2.35. The molecule has 2 aromatic carbocycles. The summed E-state index contributed by atoms with van der Waals surface area (Å²) >= 11 is 3.62. The molecule has 7 nitrogen and oxygen atoms in total. The van der Waals surface area contributed by atoms with Gasteiger partial charge in [-0.3, -0.25) is 9.79 Å². The highest BCUT2D eigenvalue weighted by atomic mass is 79.9. The molecule has 4 rings (SSSR count). The normalized spacial score (nSPS) is 20.9. The standard InChI is InChI=1S/C30H31BrN2O5/c1-4-7-18-11-24-28(25(34)12-18)27(22(15-32)17(3)33-24)21-13-23(31)29(26(14-21)37-5-2)38-16-19-8-6-9-20(10-19)30(35)36/h6,8-10,13-14,18,22,27H,4-5,7,11-12,16H2,1-3H3,(H,35,36). The number of Topliss-reactive ketones (excluding diaryl/α,β-unsaturated/α-hetero) is 1. The predicted octanol–water partition coefficient (Wildman–Crippen LogP) is 6.86. The number of carbonyl (C=O) groups is 2. The van der Waals surface area contributed by atoms with Gasteiger partial charge in [0.1, 0.15) is 6.61 Å². The van der Waals surface area contributed by atoms with Crippen molar-refractivity contribution in [1.29, 1.82) is 5.26 Å². The Bertz CT molecular complexity index is 1360. The summed E-state index contributed by atoms with van der Waals surface area (Å²) in [6.45, 7) is 6.38. The second-order valence-electron chi connectivity index (χ2n) is 9.74. The van der Waals surface area contributed by atoms with Crippen molar-refractivity contribution in [3.63, 3.8) is 0 Å². The first-order valence-electron chi connectivity index (χ1n) is 12.9. The maximum atomic E-state index is 13.4. The maximum absolute atomic E-state index is 13.4. The average molecular weight is 579 g/mol. The Morgan fingerprint density at radius 1 is 1.21 bits per heavy atom. The minimum absolute atomic E-state index is 0.0684. The van der Waals surface area contributed by atoms with Crippen LogP contribution in [0.3, 0.4) is 0 Å². The van der Waals surface area contributed by atoms with Crippen molar-refractivity contribution in [2.75, 3.05) is 6.61 Å². The minimum Gasteiger partial charge on any atom is -0.490 e. The number of nitrogens with zero attached hydrogens (tertiary/aromatic N) is 2. The molecule has 0 bridgehead atoms. The van der Waals surface area contributed by atoms with Crippen LogP contribution in [-0.4, -0.2) is 29.2 Å². The van der Waals surface area contributed by atoms with Gasteiger partial charge in [0.15, 0.2) is 17.3 Å². The highest BCUT2D eigenvalue weighted by Gasteiger charge is 2.41. The number of carboxylic acids is 1. The SMILES string of the molecule is CCCC1CC(=O)C2=C(C1)N=C(C)C(C#N)C2c1cc(Br)c(OCc2cccc(C(=O)O)c2)c(OCC)c1. The fourth-order valence-electron chi connectivity index (χ4n) is 5.40. The van der Waals surface area contributed by atoms with Crippen LogP contribution in [0.1, 0.15) is 73.9 Å². The van der Waals surface area contributed by atoms with Crippen LogP contribution >= 0.6 is 15.9 Å². The van der Waals surface area contributed by atoms with Crippen LogP contribution in [-0.2, 0) is 11.4 Å². The minimum atomic E-state index is -1.00. The number of allylic oxidation sites excluding steroid dienone is 2. The van der Waals surface area contributed by atoms with Crippen LogP contribution in [0.4, 0.5) is 0 Å². The number of aromatic carboxylic acids is 1. The van der Waals surface area contributed by atoms with Gasteiger partial charge < -0.3 is 14.6 Å². The third-order valence-electron chi connectivity index (χ3n) is 7.06. The molecule has 1 aliphatic heterocycles. The van der Waals surface area contributed by atoms with Crippen molar-refractivity contribution in [1.82, 2.24) is 0 Å². The van der Waals surface area contributed by atoms with E-state index in [4.69, 9.17) is 14.5 Å². The number of ether oxygens (including phenoxy) is 2. The number of benzene rings is 2. The van der Waals surface area contributed by atoms with E-state index < -0.39 is 17.8 Å². The Balaban J connectivity index is 1.72. The van der Waals surface area contributed by atoms with E-state index >= 15 is 0 Å². The monoisotopic (exact) mass is 578 g/mol. The van der Waals surface area contributed by atoms with Gasteiger partial charge in [-0.2, -0.15) is 5.26 Å². The molecule has 0 amide bonds. The Hall–Kier alpha value is -3.44.